The quantitative estimate of drug-likeness (QED) is 0.515. The number of hydrogen-bond acceptors (Lipinski definition) is 4. The van der Waals surface area contributed by atoms with Crippen molar-refractivity contribution in [2.75, 3.05) is 12.4 Å². The van der Waals surface area contributed by atoms with Crippen LogP contribution in [0, 0.1) is 0 Å². The first kappa shape index (κ1) is 18.1. The van der Waals surface area contributed by atoms with Crippen molar-refractivity contribution in [1.29, 1.82) is 0 Å². The van der Waals surface area contributed by atoms with Crippen molar-refractivity contribution in [3.8, 4) is 17.0 Å². The summed E-state index contributed by atoms with van der Waals surface area (Å²) >= 11 is 13.8. The van der Waals surface area contributed by atoms with Crippen LogP contribution in [0.1, 0.15) is 0 Å². The summed E-state index contributed by atoms with van der Waals surface area (Å²) in [5.74, 6) is 0.820. The van der Waals surface area contributed by atoms with Gasteiger partial charge < -0.3 is 10.1 Å². The van der Waals surface area contributed by atoms with Gasteiger partial charge in [-0.3, -0.25) is 0 Å². The third-order valence-electron chi connectivity index (χ3n) is 3.08. The molecule has 0 saturated heterocycles. The molecule has 0 aliphatic rings. The average Bonchev–Trinajstić information content (AvgIpc) is 3.00. The highest BCUT2D eigenvalue weighted by molar-refractivity contribution is 8.93. The minimum atomic E-state index is 0. The van der Waals surface area contributed by atoms with Crippen molar-refractivity contribution in [3.05, 3.63) is 57.9 Å². The molecular weight excluding hydrogens is 419 g/mol. The maximum absolute atomic E-state index is 6.15. The van der Waals surface area contributed by atoms with Gasteiger partial charge in [-0.1, -0.05) is 29.3 Å². The van der Waals surface area contributed by atoms with E-state index in [9.17, 15) is 0 Å². The number of nitrogens with one attached hydrogen (secondary N) is 1. The molecular formula is C16H13BrCl2N2OS. The van der Waals surface area contributed by atoms with Gasteiger partial charge in [0.05, 0.1) is 28.5 Å². The van der Waals surface area contributed by atoms with E-state index in [1.165, 1.54) is 11.3 Å². The molecule has 1 N–H and O–H groups in total. The summed E-state index contributed by atoms with van der Waals surface area (Å²) in [6.07, 6.45) is 0. The Balaban J connectivity index is 0.00000192. The highest BCUT2D eigenvalue weighted by Gasteiger charge is 2.09. The Bertz CT molecular complexity index is 773. The van der Waals surface area contributed by atoms with Crippen LogP contribution < -0.4 is 10.1 Å². The summed E-state index contributed by atoms with van der Waals surface area (Å²) in [6, 6.07) is 13.1. The molecule has 120 valence electrons. The van der Waals surface area contributed by atoms with Crippen molar-refractivity contribution in [3.63, 3.8) is 0 Å². The van der Waals surface area contributed by atoms with Crippen LogP contribution in [-0.4, -0.2) is 12.1 Å². The molecule has 0 saturated carbocycles. The number of para-hydroxylation sites is 1. The molecule has 1 aromatic heterocycles. The van der Waals surface area contributed by atoms with Gasteiger partial charge in [-0.05, 0) is 36.4 Å². The molecule has 7 heteroatoms. The number of methoxy groups -OCH3 is 1. The zero-order valence-electron chi connectivity index (χ0n) is 12.0. The summed E-state index contributed by atoms with van der Waals surface area (Å²) in [4.78, 5) is 4.56. The lowest BCUT2D eigenvalue weighted by atomic mass is 10.2. The Hall–Kier alpha value is -1.27. The smallest absolute Gasteiger partial charge is 0.187 e. The number of nitrogens with zero attached hydrogens (tertiary/aromatic N) is 1. The van der Waals surface area contributed by atoms with Gasteiger partial charge in [0.2, 0.25) is 0 Å². The van der Waals surface area contributed by atoms with Crippen LogP contribution in [0.15, 0.2) is 47.8 Å². The van der Waals surface area contributed by atoms with Crippen molar-refractivity contribution in [2.24, 2.45) is 0 Å². The molecule has 0 unspecified atom stereocenters. The molecule has 0 aliphatic heterocycles. The van der Waals surface area contributed by atoms with Crippen LogP contribution in [-0.2, 0) is 0 Å². The predicted octanol–water partition coefficient (Wildman–Crippen LogP) is 6.45. The number of halogens is 3. The average molecular weight is 432 g/mol. The summed E-state index contributed by atoms with van der Waals surface area (Å²) in [5, 5.41) is 7.02. The van der Waals surface area contributed by atoms with E-state index in [1.54, 1.807) is 25.3 Å². The minimum Gasteiger partial charge on any atom is -0.497 e. The molecule has 3 nitrogen and oxygen atoms in total. The zero-order valence-corrected chi connectivity index (χ0v) is 16.1. The van der Waals surface area contributed by atoms with Crippen LogP contribution in [0.25, 0.3) is 11.3 Å². The lowest BCUT2D eigenvalue weighted by molar-refractivity contribution is 0.415. The van der Waals surface area contributed by atoms with Crippen LogP contribution in [0.3, 0.4) is 0 Å². The second kappa shape index (κ2) is 8.02. The fourth-order valence-corrected chi connectivity index (χ4v) is 3.17. The first-order chi connectivity index (χ1) is 10.7. The minimum absolute atomic E-state index is 0. The topological polar surface area (TPSA) is 34.1 Å². The van der Waals surface area contributed by atoms with Gasteiger partial charge in [-0.2, -0.15) is 0 Å². The molecule has 0 spiro atoms. The standard InChI is InChI=1S/C16H12Cl2N2OS.BrH/c1-21-11-7-5-10(6-8-11)14-9-22-16(19-14)20-15-12(17)3-2-4-13(15)18;/h2-9H,1H3,(H,19,20);1H. The Kier molecular flexibility index (Phi) is 6.30. The Morgan fingerprint density at radius 1 is 1.04 bits per heavy atom. The second-order valence-electron chi connectivity index (χ2n) is 4.49. The van der Waals surface area contributed by atoms with Crippen LogP contribution in [0.2, 0.25) is 10.0 Å². The SMILES string of the molecule is Br.COc1ccc(-c2csc(Nc3c(Cl)cccc3Cl)n2)cc1. The number of hydrogen-bond donors (Lipinski definition) is 1. The highest BCUT2D eigenvalue weighted by atomic mass is 79.9. The normalized spacial score (nSPS) is 10.0. The Morgan fingerprint density at radius 3 is 2.30 bits per heavy atom. The maximum atomic E-state index is 6.15. The van der Waals surface area contributed by atoms with E-state index in [0.29, 0.717) is 15.7 Å². The van der Waals surface area contributed by atoms with Crippen molar-refractivity contribution >= 4 is 62.3 Å². The molecule has 0 aliphatic carbocycles. The van der Waals surface area contributed by atoms with Gasteiger partial charge in [0.25, 0.3) is 0 Å². The lowest BCUT2D eigenvalue weighted by Gasteiger charge is -2.07. The van der Waals surface area contributed by atoms with Crippen LogP contribution in [0.4, 0.5) is 10.8 Å². The number of benzene rings is 2. The third kappa shape index (κ3) is 4.18. The molecule has 1 heterocycles. The molecule has 0 amide bonds. The second-order valence-corrected chi connectivity index (χ2v) is 6.16. The van der Waals surface area contributed by atoms with E-state index in [0.717, 1.165) is 22.1 Å². The highest BCUT2D eigenvalue weighted by Crippen LogP contribution is 2.34. The van der Waals surface area contributed by atoms with E-state index in [4.69, 9.17) is 27.9 Å². The summed E-state index contributed by atoms with van der Waals surface area (Å²) in [7, 11) is 1.65. The van der Waals surface area contributed by atoms with Gasteiger partial charge in [-0.25, -0.2) is 4.98 Å². The molecule has 0 fully saturated rings. The maximum Gasteiger partial charge on any atom is 0.187 e. The van der Waals surface area contributed by atoms with Crippen molar-refractivity contribution < 1.29 is 4.74 Å². The van der Waals surface area contributed by atoms with Gasteiger partial charge in [0.1, 0.15) is 5.75 Å². The molecule has 3 rings (SSSR count). The summed E-state index contributed by atoms with van der Waals surface area (Å²) in [5.41, 5.74) is 2.58. The van der Waals surface area contributed by atoms with Crippen molar-refractivity contribution in [2.45, 2.75) is 0 Å². The van der Waals surface area contributed by atoms with Gasteiger partial charge in [0, 0.05) is 10.9 Å². The zero-order chi connectivity index (χ0) is 15.5. The molecule has 2 aromatic carbocycles. The predicted molar refractivity (Wildman–Crippen MR) is 104 cm³/mol. The number of thiazole rings is 1. The summed E-state index contributed by atoms with van der Waals surface area (Å²) < 4.78 is 5.16. The van der Waals surface area contributed by atoms with E-state index >= 15 is 0 Å². The van der Waals surface area contributed by atoms with E-state index in [-0.39, 0.29) is 17.0 Å². The van der Waals surface area contributed by atoms with E-state index in [2.05, 4.69) is 10.3 Å². The molecule has 3 aromatic rings. The van der Waals surface area contributed by atoms with E-state index in [1.807, 2.05) is 29.6 Å². The first-order valence-electron chi connectivity index (χ1n) is 6.48. The van der Waals surface area contributed by atoms with Crippen LogP contribution >= 0.6 is 51.5 Å². The number of ether oxygens (including phenoxy) is 1. The van der Waals surface area contributed by atoms with Gasteiger partial charge in [0.15, 0.2) is 5.13 Å². The van der Waals surface area contributed by atoms with Gasteiger partial charge >= 0.3 is 0 Å². The number of aromatic nitrogens is 1. The molecule has 0 atom stereocenters. The fraction of sp³-hybridized carbons (Fsp3) is 0.0625. The molecule has 0 bridgehead atoms. The summed E-state index contributed by atoms with van der Waals surface area (Å²) in [6.45, 7) is 0. The molecule has 23 heavy (non-hydrogen) atoms. The van der Waals surface area contributed by atoms with Gasteiger partial charge in [-0.15, -0.1) is 28.3 Å². The lowest BCUT2D eigenvalue weighted by Crippen LogP contribution is -1.91. The number of anilines is 2. The Morgan fingerprint density at radius 2 is 1.70 bits per heavy atom. The fourth-order valence-electron chi connectivity index (χ4n) is 1.95. The first-order valence-corrected chi connectivity index (χ1v) is 8.12. The molecule has 0 radical (unpaired) electrons. The number of rotatable bonds is 4. The van der Waals surface area contributed by atoms with Crippen LogP contribution in [0.5, 0.6) is 5.75 Å². The monoisotopic (exact) mass is 430 g/mol. The van der Waals surface area contributed by atoms with Crippen molar-refractivity contribution in [1.82, 2.24) is 4.98 Å². The third-order valence-corrected chi connectivity index (χ3v) is 4.47. The van der Waals surface area contributed by atoms with E-state index < -0.39 is 0 Å². The largest absolute Gasteiger partial charge is 0.497 e. The Labute approximate surface area is 159 Å².